The summed E-state index contributed by atoms with van der Waals surface area (Å²) in [6, 6.07) is 15.4. The van der Waals surface area contributed by atoms with E-state index in [9.17, 15) is 4.79 Å². The van der Waals surface area contributed by atoms with Crippen LogP contribution in [0.25, 0.3) is 21.5 Å². The van der Waals surface area contributed by atoms with Crippen LogP contribution in [0.3, 0.4) is 0 Å². The second kappa shape index (κ2) is 5.31. The summed E-state index contributed by atoms with van der Waals surface area (Å²) in [4.78, 5) is 11.5. The van der Waals surface area contributed by atoms with Gasteiger partial charge in [-0.2, -0.15) is 0 Å². The highest BCUT2D eigenvalue weighted by Crippen LogP contribution is 2.33. The molecule has 3 aromatic rings. The molecule has 3 heteroatoms. The molecule has 0 saturated heterocycles. The van der Waals surface area contributed by atoms with Gasteiger partial charge in [0.05, 0.1) is 6.61 Å². The van der Waals surface area contributed by atoms with E-state index in [-0.39, 0.29) is 13.2 Å². The normalized spacial score (nSPS) is 10.8. The number of carbonyl (C=O) groups excluding carboxylic acids is 1. The second-order valence-corrected chi connectivity index (χ2v) is 4.55. The fourth-order valence-electron chi connectivity index (χ4n) is 2.50. The van der Waals surface area contributed by atoms with Gasteiger partial charge < -0.3 is 9.84 Å². The van der Waals surface area contributed by atoms with Crippen LogP contribution in [0.1, 0.15) is 10.4 Å². The Morgan fingerprint density at radius 3 is 2.60 bits per heavy atom. The Morgan fingerprint density at radius 1 is 1.00 bits per heavy atom. The standard InChI is InChI=1S/C17H14O3/c18-8-9-20-17-7-3-6-14-15(17)10-12-4-1-2-5-13(12)16(14)11-19/h1-7,10-11,18H,8-9H2. The first-order chi connectivity index (χ1) is 9.85. The molecular weight excluding hydrogens is 252 g/mol. The number of benzene rings is 3. The van der Waals surface area contributed by atoms with Crippen molar-refractivity contribution in [2.24, 2.45) is 0 Å². The molecule has 0 aliphatic carbocycles. The van der Waals surface area contributed by atoms with Crippen LogP contribution in [0.4, 0.5) is 0 Å². The Morgan fingerprint density at radius 2 is 1.80 bits per heavy atom. The highest BCUT2D eigenvalue weighted by atomic mass is 16.5. The van der Waals surface area contributed by atoms with Crippen LogP contribution < -0.4 is 4.74 Å². The molecule has 20 heavy (non-hydrogen) atoms. The summed E-state index contributed by atoms with van der Waals surface area (Å²) in [5.41, 5.74) is 0.674. The van der Waals surface area contributed by atoms with Crippen molar-refractivity contribution in [3.05, 3.63) is 54.1 Å². The van der Waals surface area contributed by atoms with Gasteiger partial charge in [0.15, 0.2) is 6.29 Å². The molecule has 0 heterocycles. The molecule has 0 amide bonds. The number of ether oxygens (including phenoxy) is 1. The topological polar surface area (TPSA) is 46.5 Å². The number of rotatable bonds is 4. The number of hydrogen-bond donors (Lipinski definition) is 1. The van der Waals surface area contributed by atoms with E-state index in [0.29, 0.717) is 11.3 Å². The largest absolute Gasteiger partial charge is 0.491 e. The number of fused-ring (bicyclic) bond motifs is 2. The third kappa shape index (κ3) is 2.02. The summed E-state index contributed by atoms with van der Waals surface area (Å²) >= 11 is 0. The van der Waals surface area contributed by atoms with Crippen molar-refractivity contribution in [3.8, 4) is 5.75 Å². The first-order valence-electron chi connectivity index (χ1n) is 6.48. The van der Waals surface area contributed by atoms with Gasteiger partial charge in [0.1, 0.15) is 12.4 Å². The van der Waals surface area contributed by atoms with Gasteiger partial charge in [0.2, 0.25) is 0 Å². The average molecular weight is 266 g/mol. The Hall–Kier alpha value is -2.39. The van der Waals surface area contributed by atoms with Gasteiger partial charge in [-0.15, -0.1) is 0 Å². The summed E-state index contributed by atoms with van der Waals surface area (Å²) in [7, 11) is 0. The van der Waals surface area contributed by atoms with Crippen LogP contribution >= 0.6 is 0 Å². The average Bonchev–Trinajstić information content (AvgIpc) is 2.50. The SMILES string of the molecule is O=Cc1c2ccccc2cc2c(OCCO)cccc12. The number of carbonyl (C=O) groups is 1. The van der Waals surface area contributed by atoms with Crippen molar-refractivity contribution in [1.29, 1.82) is 0 Å². The fraction of sp³-hybridized carbons (Fsp3) is 0.118. The molecule has 0 aliphatic rings. The monoisotopic (exact) mass is 266 g/mol. The third-order valence-corrected chi connectivity index (χ3v) is 3.37. The zero-order valence-corrected chi connectivity index (χ0v) is 10.9. The van der Waals surface area contributed by atoms with Crippen LogP contribution in [0, 0.1) is 0 Å². The molecule has 0 spiro atoms. The van der Waals surface area contributed by atoms with Gasteiger partial charge in [-0.3, -0.25) is 4.79 Å². The highest BCUT2D eigenvalue weighted by Gasteiger charge is 2.10. The van der Waals surface area contributed by atoms with E-state index < -0.39 is 0 Å². The molecule has 3 aromatic carbocycles. The molecular formula is C17H14O3. The van der Waals surface area contributed by atoms with Crippen molar-refractivity contribution in [2.45, 2.75) is 0 Å². The van der Waals surface area contributed by atoms with Crippen LogP contribution in [0.2, 0.25) is 0 Å². The zero-order chi connectivity index (χ0) is 13.9. The molecule has 0 bridgehead atoms. The van der Waals surface area contributed by atoms with Crippen molar-refractivity contribution in [2.75, 3.05) is 13.2 Å². The molecule has 0 radical (unpaired) electrons. The van der Waals surface area contributed by atoms with E-state index in [4.69, 9.17) is 9.84 Å². The molecule has 3 nitrogen and oxygen atoms in total. The van der Waals surface area contributed by atoms with Crippen LogP contribution in [-0.4, -0.2) is 24.6 Å². The van der Waals surface area contributed by atoms with Crippen molar-refractivity contribution in [3.63, 3.8) is 0 Å². The smallest absolute Gasteiger partial charge is 0.151 e. The Labute approximate surface area is 116 Å². The minimum Gasteiger partial charge on any atom is -0.491 e. The lowest BCUT2D eigenvalue weighted by molar-refractivity contribution is 0.112. The molecule has 3 rings (SSSR count). The van der Waals surface area contributed by atoms with Crippen molar-refractivity contribution in [1.82, 2.24) is 0 Å². The summed E-state index contributed by atoms with van der Waals surface area (Å²) in [5.74, 6) is 0.686. The number of aliphatic hydroxyl groups excluding tert-OH is 1. The molecule has 0 aromatic heterocycles. The Balaban J connectivity index is 2.35. The number of hydrogen-bond acceptors (Lipinski definition) is 3. The Bertz CT molecular complexity index is 778. The van der Waals surface area contributed by atoms with E-state index >= 15 is 0 Å². The fourth-order valence-corrected chi connectivity index (χ4v) is 2.50. The van der Waals surface area contributed by atoms with Gasteiger partial charge in [-0.25, -0.2) is 0 Å². The minimum absolute atomic E-state index is 0.0372. The maximum absolute atomic E-state index is 11.5. The van der Waals surface area contributed by atoms with Gasteiger partial charge in [-0.05, 0) is 28.3 Å². The molecule has 1 N–H and O–H groups in total. The Kier molecular flexibility index (Phi) is 3.35. The van der Waals surface area contributed by atoms with E-state index in [2.05, 4.69) is 0 Å². The van der Waals surface area contributed by atoms with Crippen LogP contribution in [0.5, 0.6) is 5.75 Å². The quantitative estimate of drug-likeness (QED) is 0.582. The summed E-state index contributed by atoms with van der Waals surface area (Å²) < 4.78 is 5.55. The third-order valence-electron chi connectivity index (χ3n) is 3.37. The summed E-state index contributed by atoms with van der Waals surface area (Å²) in [6.07, 6.45) is 0.889. The van der Waals surface area contributed by atoms with E-state index in [0.717, 1.165) is 27.8 Å². The van der Waals surface area contributed by atoms with Crippen molar-refractivity contribution >= 4 is 27.8 Å². The lowest BCUT2D eigenvalue weighted by atomic mass is 9.97. The predicted octanol–water partition coefficient (Wildman–Crippen LogP) is 3.18. The molecule has 0 atom stereocenters. The maximum Gasteiger partial charge on any atom is 0.151 e. The van der Waals surface area contributed by atoms with E-state index in [1.165, 1.54) is 0 Å². The zero-order valence-electron chi connectivity index (χ0n) is 10.9. The highest BCUT2D eigenvalue weighted by molar-refractivity contribution is 6.13. The lowest BCUT2D eigenvalue weighted by Crippen LogP contribution is -2.02. The number of aldehydes is 1. The first-order valence-corrected chi connectivity index (χ1v) is 6.48. The van der Waals surface area contributed by atoms with Crippen molar-refractivity contribution < 1.29 is 14.6 Å². The predicted molar refractivity (Wildman–Crippen MR) is 79.4 cm³/mol. The second-order valence-electron chi connectivity index (χ2n) is 4.55. The van der Waals surface area contributed by atoms with E-state index in [1.54, 1.807) is 0 Å². The molecule has 0 aliphatic heterocycles. The maximum atomic E-state index is 11.5. The number of aliphatic hydroxyl groups is 1. The van der Waals surface area contributed by atoms with Gasteiger partial charge in [-0.1, -0.05) is 36.4 Å². The molecule has 0 saturated carbocycles. The van der Waals surface area contributed by atoms with Crippen LogP contribution in [0.15, 0.2) is 48.5 Å². The first kappa shape index (κ1) is 12.6. The van der Waals surface area contributed by atoms with Gasteiger partial charge in [0.25, 0.3) is 0 Å². The van der Waals surface area contributed by atoms with Gasteiger partial charge in [0, 0.05) is 10.9 Å². The lowest BCUT2D eigenvalue weighted by Gasteiger charge is -2.11. The molecule has 0 fully saturated rings. The minimum atomic E-state index is -0.0372. The van der Waals surface area contributed by atoms with Crippen LogP contribution in [-0.2, 0) is 0 Å². The molecule has 100 valence electrons. The summed E-state index contributed by atoms with van der Waals surface area (Å²) in [5, 5.41) is 12.6. The molecule has 0 unspecified atom stereocenters. The van der Waals surface area contributed by atoms with E-state index in [1.807, 2.05) is 48.5 Å². The van der Waals surface area contributed by atoms with Gasteiger partial charge >= 0.3 is 0 Å². The summed E-state index contributed by atoms with van der Waals surface area (Å²) in [6.45, 7) is 0.201.